The van der Waals surface area contributed by atoms with E-state index in [1.54, 1.807) is 30.3 Å². The summed E-state index contributed by atoms with van der Waals surface area (Å²) in [6.45, 7) is 10.6. The number of aliphatic imine (C=N–C) groups is 1. The van der Waals surface area contributed by atoms with Crippen molar-refractivity contribution in [2.45, 2.75) is 65.7 Å². The molecule has 1 heterocycles. The highest BCUT2D eigenvalue weighted by atomic mass is 35.5. The minimum Gasteiger partial charge on any atom is -0.345 e. The second kappa shape index (κ2) is 12.6. The number of benzene rings is 2. The van der Waals surface area contributed by atoms with Crippen molar-refractivity contribution in [3.05, 3.63) is 75.0 Å². The Hall–Kier alpha value is -3.14. The minimum absolute atomic E-state index is 0.0831. The van der Waals surface area contributed by atoms with E-state index in [0.29, 0.717) is 33.3 Å². The normalized spacial score (nSPS) is 13.3. The maximum atomic E-state index is 12.6. The van der Waals surface area contributed by atoms with Gasteiger partial charge in [0.1, 0.15) is 11.4 Å². The summed E-state index contributed by atoms with van der Waals surface area (Å²) in [5, 5.41) is 20.7. The van der Waals surface area contributed by atoms with E-state index in [2.05, 4.69) is 52.0 Å². The molecule has 0 aliphatic heterocycles. The number of amides is 1. The third-order valence-electron chi connectivity index (χ3n) is 5.75. The fraction of sp³-hybridized carbons (Fsp3) is 0.407. The third-order valence-corrected chi connectivity index (χ3v) is 6.19. The monoisotopic (exact) mass is 557 g/mol. The Morgan fingerprint density at radius 1 is 1.05 bits per heavy atom. The minimum atomic E-state index is -0.797. The molecule has 0 aliphatic rings. The van der Waals surface area contributed by atoms with Gasteiger partial charge in [-0.3, -0.25) is 19.9 Å². The van der Waals surface area contributed by atoms with Crippen LogP contribution in [0.25, 0.3) is 0 Å². The van der Waals surface area contributed by atoms with Crippen LogP contribution in [0.1, 0.15) is 80.8 Å². The Kier molecular flexibility index (Phi) is 9.76. The summed E-state index contributed by atoms with van der Waals surface area (Å²) in [4.78, 5) is 29.2. The first-order chi connectivity index (χ1) is 17.8. The van der Waals surface area contributed by atoms with Gasteiger partial charge in [-0.05, 0) is 68.0 Å². The molecule has 0 bridgehead atoms. The number of aromatic nitrogens is 4. The van der Waals surface area contributed by atoms with Gasteiger partial charge in [0, 0.05) is 27.2 Å². The van der Waals surface area contributed by atoms with Crippen LogP contribution < -0.4 is 10.6 Å². The van der Waals surface area contributed by atoms with Crippen molar-refractivity contribution in [2.24, 2.45) is 10.4 Å². The molecule has 1 atom stereocenters. The summed E-state index contributed by atoms with van der Waals surface area (Å²) >= 11 is 12.3. The van der Waals surface area contributed by atoms with E-state index in [1.807, 2.05) is 26.0 Å². The van der Waals surface area contributed by atoms with Gasteiger partial charge in [-0.15, -0.1) is 10.2 Å². The van der Waals surface area contributed by atoms with Crippen LogP contribution in [0.3, 0.4) is 0 Å². The van der Waals surface area contributed by atoms with Crippen molar-refractivity contribution in [1.29, 1.82) is 0 Å². The average Bonchev–Trinajstić information content (AvgIpc) is 3.36. The molecule has 0 unspecified atom stereocenters. The lowest BCUT2D eigenvalue weighted by Gasteiger charge is -2.31. The van der Waals surface area contributed by atoms with Crippen molar-refractivity contribution < 1.29 is 9.59 Å². The smallest absolute Gasteiger partial charge is 0.251 e. The Morgan fingerprint density at radius 3 is 2.26 bits per heavy atom. The van der Waals surface area contributed by atoms with E-state index < -0.39 is 5.66 Å². The highest BCUT2D eigenvalue weighted by Crippen LogP contribution is 2.30. The first-order valence-corrected chi connectivity index (χ1v) is 13.0. The molecule has 3 N–H and O–H groups in total. The van der Waals surface area contributed by atoms with Gasteiger partial charge >= 0.3 is 0 Å². The lowest BCUT2D eigenvalue weighted by molar-refractivity contribution is -0.102. The average molecular weight is 559 g/mol. The van der Waals surface area contributed by atoms with E-state index in [4.69, 9.17) is 28.2 Å². The van der Waals surface area contributed by atoms with E-state index in [-0.39, 0.29) is 29.6 Å². The highest BCUT2D eigenvalue weighted by molar-refractivity contribution is 6.39. The van der Waals surface area contributed by atoms with Crippen molar-refractivity contribution in [3.8, 4) is 0 Å². The predicted octanol–water partition coefficient (Wildman–Crippen LogP) is 5.32. The Labute approximate surface area is 232 Å². The van der Waals surface area contributed by atoms with E-state index in [9.17, 15) is 9.59 Å². The van der Waals surface area contributed by atoms with Gasteiger partial charge < -0.3 is 5.32 Å². The summed E-state index contributed by atoms with van der Waals surface area (Å²) in [5.74, 6) is 0.167. The number of tetrazole rings is 1. The van der Waals surface area contributed by atoms with Crippen LogP contribution in [0.4, 0.5) is 0 Å². The number of nitrogens with one attached hydrogen (secondary N) is 3. The standard InChI is InChI=1S/C27H33Cl2N7O2/c1-26(2,3)11-10-22(17-6-8-18(9-7-17)25(38)30-15-24-33-35-36-34-24)31-27(4,5)32-23(16-37)19-12-20(28)14-21(29)13-19/h6-9,12-14,16,22,31H,10-11,15H2,1-5H3,(H,30,38)(H,33,34,35,36)/b32-23+/t22-/m1/s1. The van der Waals surface area contributed by atoms with Crippen LogP contribution in [-0.2, 0) is 11.3 Å². The number of rotatable bonds is 11. The van der Waals surface area contributed by atoms with Gasteiger partial charge in [0.25, 0.3) is 5.91 Å². The molecule has 3 rings (SSSR count). The topological polar surface area (TPSA) is 125 Å². The largest absolute Gasteiger partial charge is 0.345 e. The molecular weight excluding hydrogens is 525 g/mol. The summed E-state index contributed by atoms with van der Waals surface area (Å²) in [6.07, 6.45) is 2.48. The number of carbonyl (C=O) groups is 2. The highest BCUT2D eigenvalue weighted by Gasteiger charge is 2.25. The van der Waals surface area contributed by atoms with Gasteiger partial charge in [0.05, 0.1) is 6.54 Å². The first-order valence-electron chi connectivity index (χ1n) is 12.2. The summed E-state index contributed by atoms with van der Waals surface area (Å²) in [6, 6.07) is 12.3. The molecule has 38 heavy (non-hydrogen) atoms. The Bertz CT molecular complexity index is 1250. The van der Waals surface area contributed by atoms with E-state index in [1.165, 1.54) is 0 Å². The van der Waals surface area contributed by atoms with Crippen LogP contribution >= 0.6 is 23.2 Å². The van der Waals surface area contributed by atoms with Crippen LogP contribution in [-0.4, -0.2) is 44.2 Å². The van der Waals surface area contributed by atoms with Gasteiger partial charge in [0.2, 0.25) is 0 Å². The van der Waals surface area contributed by atoms with E-state index >= 15 is 0 Å². The molecule has 1 amide bonds. The molecule has 2 aromatic carbocycles. The van der Waals surface area contributed by atoms with Gasteiger partial charge in [-0.2, -0.15) is 5.21 Å². The maximum absolute atomic E-state index is 12.6. The SMILES string of the molecule is CC(C)(C)CC[C@@H](NC(C)(C)/N=C(\C=O)c1cc(Cl)cc(Cl)c1)c1ccc(C(=O)NCc2nn[nH]n2)cc1. The van der Waals surface area contributed by atoms with Crippen molar-refractivity contribution in [1.82, 2.24) is 31.3 Å². The molecule has 0 radical (unpaired) electrons. The van der Waals surface area contributed by atoms with Gasteiger partial charge in [0.15, 0.2) is 12.1 Å². The molecule has 9 nitrogen and oxygen atoms in total. The van der Waals surface area contributed by atoms with Crippen LogP contribution in [0.2, 0.25) is 10.0 Å². The molecule has 0 saturated heterocycles. The van der Waals surface area contributed by atoms with E-state index in [0.717, 1.165) is 18.4 Å². The molecule has 202 valence electrons. The number of carbonyl (C=O) groups excluding carboxylic acids is 2. The number of nitrogens with zero attached hydrogens (tertiary/aromatic N) is 4. The first kappa shape index (κ1) is 29.4. The number of halogens is 2. The zero-order chi connectivity index (χ0) is 27.9. The summed E-state index contributed by atoms with van der Waals surface area (Å²) in [7, 11) is 0. The summed E-state index contributed by atoms with van der Waals surface area (Å²) < 4.78 is 0. The lowest BCUT2D eigenvalue weighted by Crippen LogP contribution is -2.41. The molecule has 11 heteroatoms. The number of hydrogen-bond acceptors (Lipinski definition) is 7. The number of aldehydes is 1. The zero-order valence-electron chi connectivity index (χ0n) is 22.2. The molecule has 3 aromatic rings. The molecule has 0 fully saturated rings. The second-order valence-electron chi connectivity index (χ2n) is 10.8. The van der Waals surface area contributed by atoms with Crippen molar-refractivity contribution in [3.63, 3.8) is 0 Å². The Balaban J connectivity index is 1.81. The molecular formula is C27H33Cl2N7O2. The number of hydrogen-bond donors (Lipinski definition) is 3. The maximum Gasteiger partial charge on any atom is 0.251 e. The van der Waals surface area contributed by atoms with Crippen LogP contribution in [0.5, 0.6) is 0 Å². The molecule has 0 saturated carbocycles. The fourth-order valence-electron chi connectivity index (χ4n) is 3.91. The molecule has 1 aromatic heterocycles. The number of aromatic amines is 1. The third kappa shape index (κ3) is 9.01. The van der Waals surface area contributed by atoms with Crippen LogP contribution in [0, 0.1) is 5.41 Å². The van der Waals surface area contributed by atoms with Crippen molar-refractivity contribution >= 4 is 41.1 Å². The van der Waals surface area contributed by atoms with Crippen molar-refractivity contribution in [2.75, 3.05) is 0 Å². The van der Waals surface area contributed by atoms with Gasteiger partial charge in [-0.1, -0.05) is 61.3 Å². The van der Waals surface area contributed by atoms with Gasteiger partial charge in [-0.25, -0.2) is 0 Å². The molecule has 0 spiro atoms. The zero-order valence-corrected chi connectivity index (χ0v) is 23.7. The Morgan fingerprint density at radius 2 is 1.71 bits per heavy atom. The predicted molar refractivity (Wildman–Crippen MR) is 149 cm³/mol. The molecule has 0 aliphatic carbocycles. The summed E-state index contributed by atoms with van der Waals surface area (Å²) in [5.41, 5.74) is 1.64. The quantitative estimate of drug-likeness (QED) is 0.216. The van der Waals surface area contributed by atoms with Crippen LogP contribution in [0.15, 0.2) is 47.5 Å². The lowest BCUT2D eigenvalue weighted by atomic mass is 9.86. The fourth-order valence-corrected chi connectivity index (χ4v) is 4.43. The number of H-pyrrole nitrogens is 1. The second-order valence-corrected chi connectivity index (χ2v) is 11.6.